The highest BCUT2D eigenvalue weighted by molar-refractivity contribution is 9.10. The van der Waals surface area contributed by atoms with E-state index in [1.807, 2.05) is 11.7 Å². The van der Waals surface area contributed by atoms with Crippen molar-refractivity contribution in [3.05, 3.63) is 45.2 Å². The fourth-order valence-corrected chi connectivity index (χ4v) is 2.95. The Hall–Kier alpha value is -1.20. The van der Waals surface area contributed by atoms with Crippen molar-refractivity contribution in [3.8, 4) is 0 Å². The minimum Gasteiger partial charge on any atom is -0.305 e. The van der Waals surface area contributed by atoms with E-state index in [2.05, 4.69) is 70.5 Å². The molecular formula is C14H19BrN4. The van der Waals surface area contributed by atoms with Crippen molar-refractivity contribution in [2.45, 2.75) is 26.8 Å². The quantitative estimate of drug-likeness (QED) is 0.941. The topological polar surface area (TPSA) is 42.7 Å². The first-order valence-corrected chi connectivity index (χ1v) is 7.19. The van der Waals surface area contributed by atoms with Crippen molar-refractivity contribution in [1.29, 1.82) is 0 Å². The molecule has 2 aromatic rings. The summed E-state index contributed by atoms with van der Waals surface area (Å²) in [5, 5.41) is 11.7. The number of hydrogen-bond acceptors (Lipinski definition) is 3. The molecule has 102 valence electrons. The summed E-state index contributed by atoms with van der Waals surface area (Å²) in [5.74, 6) is 0. The maximum atomic E-state index is 4.08. The average molecular weight is 323 g/mol. The van der Waals surface area contributed by atoms with E-state index in [9.17, 15) is 0 Å². The van der Waals surface area contributed by atoms with Crippen molar-refractivity contribution in [3.63, 3.8) is 0 Å². The molecule has 0 aliphatic heterocycles. The van der Waals surface area contributed by atoms with Gasteiger partial charge in [0.25, 0.3) is 0 Å². The highest BCUT2D eigenvalue weighted by atomic mass is 79.9. The second-order valence-corrected chi connectivity index (χ2v) is 5.55. The van der Waals surface area contributed by atoms with Crippen LogP contribution in [0, 0.1) is 13.8 Å². The molecule has 5 heteroatoms. The predicted molar refractivity (Wildman–Crippen MR) is 80.1 cm³/mol. The lowest BCUT2D eigenvalue weighted by atomic mass is 9.99. The Morgan fingerprint density at radius 2 is 1.89 bits per heavy atom. The minimum atomic E-state index is 0.0953. The van der Waals surface area contributed by atoms with Gasteiger partial charge in [-0.25, -0.2) is 4.68 Å². The number of halogens is 1. The van der Waals surface area contributed by atoms with Crippen LogP contribution in [-0.2, 0) is 7.05 Å². The van der Waals surface area contributed by atoms with Gasteiger partial charge in [0.15, 0.2) is 4.60 Å². The maximum absolute atomic E-state index is 4.08. The van der Waals surface area contributed by atoms with Crippen LogP contribution >= 0.6 is 15.9 Å². The van der Waals surface area contributed by atoms with Crippen LogP contribution in [0.4, 0.5) is 0 Å². The molecule has 0 saturated carbocycles. The van der Waals surface area contributed by atoms with E-state index in [1.165, 1.54) is 16.7 Å². The fraction of sp³-hybridized carbons (Fsp3) is 0.429. The molecule has 0 saturated heterocycles. The SMILES string of the molecule is CCNC(c1cc(C)cc(C)c1)c1c(Br)nnn1C. The van der Waals surface area contributed by atoms with Crippen LogP contribution in [0.3, 0.4) is 0 Å². The predicted octanol–water partition coefficient (Wildman–Crippen LogP) is 2.89. The van der Waals surface area contributed by atoms with Crippen LogP contribution in [-0.4, -0.2) is 21.5 Å². The van der Waals surface area contributed by atoms with Crippen molar-refractivity contribution >= 4 is 15.9 Å². The summed E-state index contributed by atoms with van der Waals surface area (Å²) < 4.78 is 2.61. The van der Waals surface area contributed by atoms with Gasteiger partial charge in [-0.15, -0.1) is 5.10 Å². The fourth-order valence-electron chi connectivity index (χ4n) is 2.40. The summed E-state index contributed by atoms with van der Waals surface area (Å²) in [6, 6.07) is 6.70. The van der Waals surface area contributed by atoms with Gasteiger partial charge in [-0.2, -0.15) is 0 Å². The van der Waals surface area contributed by atoms with Gasteiger partial charge in [-0.05, 0) is 41.9 Å². The number of benzene rings is 1. The molecule has 1 atom stereocenters. The van der Waals surface area contributed by atoms with Crippen LogP contribution < -0.4 is 5.32 Å². The van der Waals surface area contributed by atoms with Gasteiger partial charge in [0.2, 0.25) is 0 Å². The van der Waals surface area contributed by atoms with Gasteiger partial charge in [0, 0.05) is 7.05 Å². The number of hydrogen-bond donors (Lipinski definition) is 1. The molecule has 2 rings (SSSR count). The Balaban J connectivity index is 2.51. The number of nitrogens with zero attached hydrogens (tertiary/aromatic N) is 3. The van der Waals surface area contributed by atoms with Crippen LogP contribution in [0.1, 0.15) is 35.3 Å². The molecule has 1 aromatic heterocycles. The van der Waals surface area contributed by atoms with Crippen molar-refractivity contribution < 1.29 is 0 Å². The van der Waals surface area contributed by atoms with Crippen LogP contribution in [0.25, 0.3) is 0 Å². The Kier molecular flexibility index (Phi) is 4.37. The Morgan fingerprint density at radius 1 is 1.26 bits per heavy atom. The Labute approximate surface area is 122 Å². The molecule has 0 spiro atoms. The zero-order chi connectivity index (χ0) is 14.0. The lowest BCUT2D eigenvalue weighted by Crippen LogP contribution is -2.24. The first-order chi connectivity index (χ1) is 9.02. The average Bonchev–Trinajstić information content (AvgIpc) is 2.65. The molecule has 1 N–H and O–H groups in total. The van der Waals surface area contributed by atoms with Gasteiger partial charge >= 0.3 is 0 Å². The monoisotopic (exact) mass is 322 g/mol. The number of nitrogens with one attached hydrogen (secondary N) is 1. The highest BCUT2D eigenvalue weighted by Gasteiger charge is 2.21. The third kappa shape index (κ3) is 3.04. The third-order valence-electron chi connectivity index (χ3n) is 3.09. The molecular weight excluding hydrogens is 304 g/mol. The molecule has 19 heavy (non-hydrogen) atoms. The first kappa shape index (κ1) is 14.2. The van der Waals surface area contributed by atoms with E-state index in [0.29, 0.717) is 0 Å². The van der Waals surface area contributed by atoms with Gasteiger partial charge < -0.3 is 5.32 Å². The van der Waals surface area contributed by atoms with E-state index in [4.69, 9.17) is 0 Å². The molecule has 0 amide bonds. The van der Waals surface area contributed by atoms with E-state index >= 15 is 0 Å². The molecule has 0 bridgehead atoms. The standard InChI is InChI=1S/C14H19BrN4/c1-5-16-12(13-14(15)17-18-19(13)4)11-7-9(2)6-10(3)8-11/h6-8,12,16H,5H2,1-4H3. The molecule has 0 aliphatic carbocycles. The Bertz CT molecular complexity index is 537. The van der Waals surface area contributed by atoms with Gasteiger partial charge in [0.05, 0.1) is 11.7 Å². The summed E-state index contributed by atoms with van der Waals surface area (Å²) in [7, 11) is 1.92. The van der Waals surface area contributed by atoms with Gasteiger partial charge in [-0.3, -0.25) is 0 Å². The largest absolute Gasteiger partial charge is 0.305 e. The zero-order valence-electron chi connectivity index (χ0n) is 11.7. The van der Waals surface area contributed by atoms with E-state index < -0.39 is 0 Å². The Morgan fingerprint density at radius 3 is 2.37 bits per heavy atom. The number of aromatic nitrogens is 3. The lowest BCUT2D eigenvalue weighted by molar-refractivity contribution is 0.566. The van der Waals surface area contributed by atoms with E-state index in [0.717, 1.165) is 16.8 Å². The number of aryl methyl sites for hydroxylation is 3. The molecule has 1 aromatic carbocycles. The number of rotatable bonds is 4. The third-order valence-corrected chi connectivity index (χ3v) is 3.65. The van der Waals surface area contributed by atoms with Gasteiger partial charge in [0.1, 0.15) is 0 Å². The summed E-state index contributed by atoms with van der Waals surface area (Å²) >= 11 is 3.49. The summed E-state index contributed by atoms with van der Waals surface area (Å²) in [4.78, 5) is 0. The minimum absolute atomic E-state index is 0.0953. The molecule has 0 fully saturated rings. The second kappa shape index (κ2) is 5.84. The molecule has 0 radical (unpaired) electrons. The molecule has 1 heterocycles. The first-order valence-electron chi connectivity index (χ1n) is 6.39. The highest BCUT2D eigenvalue weighted by Crippen LogP contribution is 2.27. The van der Waals surface area contributed by atoms with E-state index in [1.54, 1.807) is 0 Å². The second-order valence-electron chi connectivity index (χ2n) is 4.80. The molecule has 0 aliphatic rings. The van der Waals surface area contributed by atoms with Crippen molar-refractivity contribution in [2.75, 3.05) is 6.54 Å². The van der Waals surface area contributed by atoms with Gasteiger partial charge in [-0.1, -0.05) is 41.5 Å². The summed E-state index contributed by atoms with van der Waals surface area (Å²) in [6.07, 6.45) is 0. The molecule has 1 unspecified atom stereocenters. The van der Waals surface area contributed by atoms with Crippen LogP contribution in [0.5, 0.6) is 0 Å². The normalized spacial score (nSPS) is 12.7. The summed E-state index contributed by atoms with van der Waals surface area (Å²) in [5.41, 5.74) is 4.82. The van der Waals surface area contributed by atoms with Crippen LogP contribution in [0.15, 0.2) is 22.8 Å². The maximum Gasteiger partial charge on any atom is 0.153 e. The summed E-state index contributed by atoms with van der Waals surface area (Å²) in [6.45, 7) is 7.23. The van der Waals surface area contributed by atoms with Crippen molar-refractivity contribution in [1.82, 2.24) is 20.3 Å². The zero-order valence-corrected chi connectivity index (χ0v) is 13.3. The lowest BCUT2D eigenvalue weighted by Gasteiger charge is -2.19. The van der Waals surface area contributed by atoms with Crippen molar-refractivity contribution in [2.24, 2.45) is 7.05 Å². The van der Waals surface area contributed by atoms with E-state index in [-0.39, 0.29) is 6.04 Å². The molecule has 4 nitrogen and oxygen atoms in total. The smallest absolute Gasteiger partial charge is 0.153 e. The van der Waals surface area contributed by atoms with Crippen LogP contribution in [0.2, 0.25) is 0 Å².